The number of aryl methyl sites for hydroxylation is 1. The van der Waals surface area contributed by atoms with E-state index in [4.69, 9.17) is 14.2 Å². The van der Waals surface area contributed by atoms with Gasteiger partial charge in [-0.2, -0.15) is 0 Å². The van der Waals surface area contributed by atoms with Gasteiger partial charge >= 0.3 is 17.9 Å². The Morgan fingerprint density at radius 3 is 2.19 bits per heavy atom. The van der Waals surface area contributed by atoms with E-state index >= 15 is 0 Å². The Morgan fingerprint density at radius 1 is 0.833 bits per heavy atom. The molecule has 0 bridgehead atoms. The Labute approximate surface area is 209 Å². The van der Waals surface area contributed by atoms with Gasteiger partial charge in [0.1, 0.15) is 18.1 Å². The first-order valence-corrected chi connectivity index (χ1v) is 11.8. The van der Waals surface area contributed by atoms with Crippen molar-refractivity contribution >= 4 is 17.9 Å². The number of rotatable bonds is 11. The lowest BCUT2D eigenvalue weighted by atomic mass is 9.99. The smallest absolute Gasteiger partial charge is 0.355 e. The number of benzene rings is 2. The van der Waals surface area contributed by atoms with E-state index in [-0.39, 0.29) is 49.7 Å². The number of ether oxygens (including phenoxy) is 3. The van der Waals surface area contributed by atoms with Gasteiger partial charge < -0.3 is 18.8 Å². The maximum atomic E-state index is 13.8. The summed E-state index contributed by atoms with van der Waals surface area (Å²) in [5.74, 6) is -2.21. The number of hydrogen-bond acceptors (Lipinski definition) is 6. The SMILES string of the molecule is CCOC(=O)Cc1c(C(=O)OCC)c(CCc2cccc(F)c2)c(C(=O)OCc2ccccc2)n1C. The monoisotopic (exact) mass is 495 g/mol. The van der Waals surface area contributed by atoms with Crippen LogP contribution in [0.15, 0.2) is 54.6 Å². The van der Waals surface area contributed by atoms with Crippen LogP contribution in [0.25, 0.3) is 0 Å². The van der Waals surface area contributed by atoms with Crippen molar-refractivity contribution in [1.82, 2.24) is 4.57 Å². The van der Waals surface area contributed by atoms with Crippen molar-refractivity contribution in [3.63, 3.8) is 0 Å². The van der Waals surface area contributed by atoms with Crippen molar-refractivity contribution < 1.29 is 33.0 Å². The van der Waals surface area contributed by atoms with Crippen LogP contribution in [0.1, 0.15) is 57.1 Å². The minimum atomic E-state index is -0.649. The van der Waals surface area contributed by atoms with E-state index < -0.39 is 17.9 Å². The summed E-state index contributed by atoms with van der Waals surface area (Å²) in [5.41, 5.74) is 2.47. The summed E-state index contributed by atoms with van der Waals surface area (Å²) in [6.45, 7) is 3.69. The maximum Gasteiger partial charge on any atom is 0.355 e. The summed E-state index contributed by atoms with van der Waals surface area (Å²) < 4.78 is 31.2. The molecule has 0 unspecified atom stereocenters. The van der Waals surface area contributed by atoms with E-state index in [1.807, 2.05) is 30.3 Å². The van der Waals surface area contributed by atoms with E-state index in [0.717, 1.165) is 5.56 Å². The molecule has 1 aromatic heterocycles. The summed E-state index contributed by atoms with van der Waals surface area (Å²) >= 11 is 0. The molecule has 2 aromatic carbocycles. The highest BCUT2D eigenvalue weighted by Crippen LogP contribution is 2.27. The average Bonchev–Trinajstić information content (AvgIpc) is 3.13. The summed E-state index contributed by atoms with van der Waals surface area (Å²) in [4.78, 5) is 38.7. The van der Waals surface area contributed by atoms with Gasteiger partial charge in [0.2, 0.25) is 0 Å². The fraction of sp³-hybridized carbons (Fsp3) is 0.321. The van der Waals surface area contributed by atoms with Gasteiger partial charge in [-0.3, -0.25) is 4.79 Å². The summed E-state index contributed by atoms with van der Waals surface area (Å²) in [6, 6.07) is 15.3. The number of halogens is 1. The first kappa shape index (κ1) is 26.7. The van der Waals surface area contributed by atoms with Crippen LogP contribution in [0.4, 0.5) is 4.39 Å². The molecule has 0 spiro atoms. The number of esters is 3. The number of carbonyl (C=O) groups is 3. The Balaban J connectivity index is 2.05. The number of aromatic nitrogens is 1. The lowest BCUT2D eigenvalue weighted by molar-refractivity contribution is -0.142. The second kappa shape index (κ2) is 12.7. The fourth-order valence-electron chi connectivity index (χ4n) is 4.05. The molecule has 0 N–H and O–H groups in total. The number of carbonyl (C=O) groups excluding carboxylic acids is 3. The lowest BCUT2D eigenvalue weighted by Crippen LogP contribution is -2.16. The van der Waals surface area contributed by atoms with Gasteiger partial charge in [-0.15, -0.1) is 0 Å². The molecule has 0 radical (unpaired) electrons. The maximum absolute atomic E-state index is 13.8. The molecule has 0 saturated carbocycles. The van der Waals surface area contributed by atoms with E-state index in [1.54, 1.807) is 33.0 Å². The minimum Gasteiger partial charge on any atom is -0.466 e. The van der Waals surface area contributed by atoms with Crippen LogP contribution in [-0.4, -0.2) is 35.7 Å². The number of hydrogen-bond donors (Lipinski definition) is 0. The molecule has 8 heteroatoms. The Bertz CT molecular complexity index is 1220. The van der Waals surface area contributed by atoms with Crippen LogP contribution >= 0.6 is 0 Å². The zero-order chi connectivity index (χ0) is 26.1. The largest absolute Gasteiger partial charge is 0.466 e. The zero-order valence-corrected chi connectivity index (χ0v) is 20.7. The predicted octanol–water partition coefficient (Wildman–Crippen LogP) is 4.59. The first-order valence-electron chi connectivity index (χ1n) is 11.8. The molecule has 3 aromatic rings. The van der Waals surface area contributed by atoms with Crippen LogP contribution < -0.4 is 0 Å². The van der Waals surface area contributed by atoms with Gasteiger partial charge in [-0.25, -0.2) is 14.0 Å². The van der Waals surface area contributed by atoms with E-state index in [1.165, 1.54) is 16.7 Å². The molecule has 0 aliphatic heterocycles. The molecule has 0 fully saturated rings. The number of nitrogens with zero attached hydrogens (tertiary/aromatic N) is 1. The van der Waals surface area contributed by atoms with Crippen molar-refractivity contribution in [2.24, 2.45) is 7.05 Å². The van der Waals surface area contributed by atoms with E-state index in [0.29, 0.717) is 23.2 Å². The molecule has 0 aliphatic rings. The molecule has 0 saturated heterocycles. The molecule has 36 heavy (non-hydrogen) atoms. The third kappa shape index (κ3) is 6.59. The summed E-state index contributed by atoms with van der Waals surface area (Å²) in [5, 5.41) is 0. The Kier molecular flexibility index (Phi) is 9.39. The van der Waals surface area contributed by atoms with Gasteiger partial charge in [0, 0.05) is 12.7 Å². The zero-order valence-electron chi connectivity index (χ0n) is 20.7. The van der Waals surface area contributed by atoms with Gasteiger partial charge in [0.05, 0.1) is 25.2 Å². The van der Waals surface area contributed by atoms with Crippen LogP contribution in [0.5, 0.6) is 0 Å². The van der Waals surface area contributed by atoms with Crippen molar-refractivity contribution in [2.75, 3.05) is 13.2 Å². The quantitative estimate of drug-likeness (QED) is 0.286. The van der Waals surface area contributed by atoms with E-state index in [2.05, 4.69) is 0 Å². The summed E-state index contributed by atoms with van der Waals surface area (Å²) in [7, 11) is 1.60. The Morgan fingerprint density at radius 2 is 1.53 bits per heavy atom. The molecular formula is C28H30FNO6. The fourth-order valence-corrected chi connectivity index (χ4v) is 4.05. The molecule has 0 atom stereocenters. The molecule has 0 amide bonds. The highest BCUT2D eigenvalue weighted by Gasteiger charge is 2.32. The Hall–Kier alpha value is -3.94. The van der Waals surface area contributed by atoms with Crippen molar-refractivity contribution in [1.29, 1.82) is 0 Å². The molecule has 190 valence electrons. The van der Waals surface area contributed by atoms with Crippen LogP contribution in [0.2, 0.25) is 0 Å². The molecule has 3 rings (SSSR count). The van der Waals surface area contributed by atoms with Crippen LogP contribution in [0.3, 0.4) is 0 Å². The third-order valence-electron chi connectivity index (χ3n) is 5.67. The van der Waals surface area contributed by atoms with Gasteiger partial charge in [-0.05, 0) is 55.5 Å². The standard InChI is InChI=1S/C28H30FNO6/c1-4-34-24(31)17-23-25(27(32)35-5-2)22(15-14-19-12-9-13-21(29)16-19)26(30(23)3)28(33)36-18-20-10-7-6-8-11-20/h6-13,16H,4-5,14-15,17-18H2,1-3H3. The second-order valence-corrected chi connectivity index (χ2v) is 8.10. The first-order chi connectivity index (χ1) is 17.3. The van der Waals surface area contributed by atoms with Crippen molar-refractivity contribution in [2.45, 2.75) is 39.7 Å². The summed E-state index contributed by atoms with van der Waals surface area (Å²) in [6.07, 6.45) is 0.355. The highest BCUT2D eigenvalue weighted by molar-refractivity contribution is 6.00. The van der Waals surface area contributed by atoms with E-state index in [9.17, 15) is 18.8 Å². The van der Waals surface area contributed by atoms with Crippen molar-refractivity contribution in [3.05, 3.63) is 94.1 Å². The predicted molar refractivity (Wildman–Crippen MR) is 131 cm³/mol. The molecule has 7 nitrogen and oxygen atoms in total. The van der Waals surface area contributed by atoms with Gasteiger partial charge in [0.15, 0.2) is 0 Å². The minimum absolute atomic E-state index is 0.0378. The molecule has 1 heterocycles. The molecule has 0 aliphatic carbocycles. The highest BCUT2D eigenvalue weighted by atomic mass is 19.1. The van der Waals surface area contributed by atoms with Crippen molar-refractivity contribution in [3.8, 4) is 0 Å². The normalized spacial score (nSPS) is 10.7. The third-order valence-corrected chi connectivity index (χ3v) is 5.67. The van der Waals surface area contributed by atoms with Crippen LogP contribution in [0, 0.1) is 5.82 Å². The topological polar surface area (TPSA) is 83.8 Å². The van der Waals surface area contributed by atoms with Gasteiger partial charge in [-0.1, -0.05) is 42.5 Å². The lowest BCUT2D eigenvalue weighted by Gasteiger charge is -2.10. The van der Waals surface area contributed by atoms with Gasteiger partial charge in [0.25, 0.3) is 0 Å². The second-order valence-electron chi connectivity index (χ2n) is 8.10. The van der Waals surface area contributed by atoms with Crippen LogP contribution in [-0.2, 0) is 51.9 Å². The molecular weight excluding hydrogens is 465 g/mol. The average molecular weight is 496 g/mol.